The standard InChI is InChI=1S/C23H24ClFN4O3/c1-2-15(12-30)28-23(32)17-5-7-20(29-22(17)26)18-10-16(4-8-21(18)31)27-19-6-3-14(24)9-13(19)11-25/h3-10,15,27,30-31H,2,11-12H2,1H3,(H2,26,29)(H,28,32)/t15-/m0/s1. The molecule has 2 aromatic carbocycles. The minimum atomic E-state index is -0.690. The summed E-state index contributed by atoms with van der Waals surface area (Å²) in [6, 6.07) is 12.3. The Morgan fingerprint density at radius 1 is 1.22 bits per heavy atom. The molecule has 3 aromatic rings. The maximum atomic E-state index is 13.3. The number of aliphatic hydroxyl groups excluding tert-OH is 1. The number of alkyl halides is 1. The van der Waals surface area contributed by atoms with Crippen LogP contribution in [0.4, 0.5) is 21.6 Å². The lowest BCUT2D eigenvalue weighted by molar-refractivity contribution is 0.0915. The number of aromatic nitrogens is 1. The van der Waals surface area contributed by atoms with Crippen LogP contribution in [-0.2, 0) is 6.67 Å². The molecule has 1 heterocycles. The maximum absolute atomic E-state index is 13.3. The molecular weight excluding hydrogens is 435 g/mol. The number of nitrogen functional groups attached to an aromatic ring is 1. The summed E-state index contributed by atoms with van der Waals surface area (Å²) in [5.74, 6) is -0.487. The van der Waals surface area contributed by atoms with E-state index in [1.54, 1.807) is 30.3 Å². The molecule has 0 saturated heterocycles. The number of hydrogen-bond acceptors (Lipinski definition) is 6. The van der Waals surface area contributed by atoms with Crippen LogP contribution in [0.1, 0.15) is 29.3 Å². The van der Waals surface area contributed by atoms with Crippen molar-refractivity contribution < 1.29 is 19.4 Å². The predicted molar refractivity (Wildman–Crippen MR) is 124 cm³/mol. The number of pyridine rings is 1. The van der Waals surface area contributed by atoms with Crippen LogP contribution in [0.2, 0.25) is 5.02 Å². The number of hydrogen-bond donors (Lipinski definition) is 5. The van der Waals surface area contributed by atoms with E-state index in [-0.39, 0.29) is 29.8 Å². The quantitative estimate of drug-likeness (QED) is 0.319. The van der Waals surface area contributed by atoms with Crippen LogP contribution in [0.25, 0.3) is 11.3 Å². The molecule has 7 nitrogen and oxygen atoms in total. The summed E-state index contributed by atoms with van der Waals surface area (Å²) in [5, 5.41) is 25.9. The number of nitrogens with one attached hydrogen (secondary N) is 2. The van der Waals surface area contributed by atoms with Crippen molar-refractivity contribution in [2.75, 3.05) is 17.7 Å². The lowest BCUT2D eigenvalue weighted by atomic mass is 10.1. The molecule has 0 unspecified atom stereocenters. The Morgan fingerprint density at radius 3 is 2.66 bits per heavy atom. The summed E-state index contributed by atoms with van der Waals surface area (Å²) >= 11 is 5.93. The molecule has 0 spiro atoms. The molecule has 0 aliphatic carbocycles. The van der Waals surface area contributed by atoms with Crippen LogP contribution in [0, 0.1) is 0 Å². The van der Waals surface area contributed by atoms with Gasteiger partial charge in [0.2, 0.25) is 0 Å². The first-order valence-corrected chi connectivity index (χ1v) is 10.4. The number of benzene rings is 2. The number of phenols is 1. The minimum Gasteiger partial charge on any atom is -0.507 e. The van der Waals surface area contributed by atoms with Gasteiger partial charge in [0.05, 0.1) is 23.9 Å². The van der Waals surface area contributed by atoms with E-state index in [1.165, 1.54) is 18.2 Å². The average Bonchev–Trinajstić information content (AvgIpc) is 2.79. The normalized spacial score (nSPS) is 11.8. The molecule has 1 amide bonds. The van der Waals surface area contributed by atoms with E-state index in [9.17, 15) is 19.4 Å². The molecule has 9 heteroatoms. The molecule has 0 saturated carbocycles. The Morgan fingerprint density at radius 2 is 2.00 bits per heavy atom. The van der Waals surface area contributed by atoms with Crippen LogP contribution in [0.5, 0.6) is 5.75 Å². The number of aromatic hydroxyl groups is 1. The number of amides is 1. The number of anilines is 3. The summed E-state index contributed by atoms with van der Waals surface area (Å²) in [6.45, 7) is 0.972. The molecule has 0 aliphatic heterocycles. The van der Waals surface area contributed by atoms with Crippen molar-refractivity contribution in [2.24, 2.45) is 0 Å². The third-order valence-electron chi connectivity index (χ3n) is 4.98. The Hall–Kier alpha value is -3.36. The monoisotopic (exact) mass is 458 g/mol. The summed E-state index contributed by atoms with van der Waals surface area (Å²) in [7, 11) is 0. The number of nitrogens with zero attached hydrogens (tertiary/aromatic N) is 1. The van der Waals surface area contributed by atoms with Gasteiger partial charge in [-0.25, -0.2) is 9.37 Å². The van der Waals surface area contributed by atoms with Crippen molar-refractivity contribution in [2.45, 2.75) is 26.1 Å². The van der Waals surface area contributed by atoms with Crippen molar-refractivity contribution in [3.05, 3.63) is 64.7 Å². The fourth-order valence-corrected chi connectivity index (χ4v) is 3.32. The van der Waals surface area contributed by atoms with Gasteiger partial charge in [-0.05, 0) is 55.0 Å². The van der Waals surface area contributed by atoms with E-state index in [4.69, 9.17) is 17.3 Å². The van der Waals surface area contributed by atoms with Gasteiger partial charge in [0, 0.05) is 27.5 Å². The fourth-order valence-electron chi connectivity index (χ4n) is 3.13. The average molecular weight is 459 g/mol. The summed E-state index contributed by atoms with van der Waals surface area (Å²) in [5.41, 5.74) is 8.44. The largest absolute Gasteiger partial charge is 0.507 e. The number of nitrogens with two attached hydrogens (primary N) is 1. The molecule has 0 aliphatic rings. The van der Waals surface area contributed by atoms with Gasteiger partial charge < -0.3 is 26.6 Å². The van der Waals surface area contributed by atoms with E-state index >= 15 is 0 Å². The number of phenolic OH excluding ortho intramolecular Hbond substituents is 1. The highest BCUT2D eigenvalue weighted by Crippen LogP contribution is 2.33. The number of carbonyl (C=O) groups is 1. The van der Waals surface area contributed by atoms with Gasteiger partial charge in [0.15, 0.2) is 0 Å². The molecule has 168 valence electrons. The van der Waals surface area contributed by atoms with Crippen molar-refractivity contribution >= 4 is 34.7 Å². The van der Waals surface area contributed by atoms with Crippen molar-refractivity contribution in [3.8, 4) is 17.0 Å². The van der Waals surface area contributed by atoms with Gasteiger partial charge in [-0.3, -0.25) is 4.79 Å². The summed E-state index contributed by atoms with van der Waals surface area (Å²) in [4.78, 5) is 16.7. The lowest BCUT2D eigenvalue weighted by Gasteiger charge is -2.15. The van der Waals surface area contributed by atoms with Gasteiger partial charge >= 0.3 is 0 Å². The second kappa shape index (κ2) is 10.3. The first kappa shape index (κ1) is 23.3. The SMILES string of the molecule is CC[C@@H](CO)NC(=O)c1ccc(-c2cc(Nc3ccc(Cl)cc3CF)ccc2O)nc1N. The third-order valence-corrected chi connectivity index (χ3v) is 5.22. The first-order chi connectivity index (χ1) is 15.4. The maximum Gasteiger partial charge on any atom is 0.255 e. The Labute approximate surface area is 190 Å². The number of halogens is 2. The molecule has 1 atom stereocenters. The highest BCUT2D eigenvalue weighted by Gasteiger charge is 2.17. The Bertz CT molecular complexity index is 1120. The molecule has 0 fully saturated rings. The zero-order valence-electron chi connectivity index (χ0n) is 17.4. The summed E-state index contributed by atoms with van der Waals surface area (Å²) < 4.78 is 13.3. The van der Waals surface area contributed by atoms with Gasteiger partial charge in [0.25, 0.3) is 5.91 Å². The molecular formula is C23H24ClFN4O3. The van der Waals surface area contributed by atoms with Gasteiger partial charge in [-0.2, -0.15) is 0 Å². The first-order valence-electron chi connectivity index (χ1n) is 9.99. The minimum absolute atomic E-state index is 0.0111. The second-order valence-corrected chi connectivity index (χ2v) is 7.62. The third kappa shape index (κ3) is 5.27. The fraction of sp³-hybridized carbons (Fsp3) is 0.217. The van der Waals surface area contributed by atoms with Gasteiger partial charge in [0.1, 0.15) is 18.2 Å². The van der Waals surface area contributed by atoms with E-state index in [0.717, 1.165) is 0 Å². The van der Waals surface area contributed by atoms with Crippen LogP contribution < -0.4 is 16.4 Å². The van der Waals surface area contributed by atoms with Crippen molar-refractivity contribution in [3.63, 3.8) is 0 Å². The molecule has 0 bridgehead atoms. The Balaban J connectivity index is 1.88. The van der Waals surface area contributed by atoms with E-state index in [0.29, 0.717) is 39.6 Å². The zero-order chi connectivity index (χ0) is 23.3. The van der Waals surface area contributed by atoms with Crippen LogP contribution in [-0.4, -0.2) is 33.8 Å². The van der Waals surface area contributed by atoms with E-state index < -0.39 is 12.6 Å². The molecule has 3 rings (SSSR count). The van der Waals surface area contributed by atoms with Crippen LogP contribution in [0.15, 0.2) is 48.5 Å². The smallest absolute Gasteiger partial charge is 0.255 e. The van der Waals surface area contributed by atoms with Gasteiger partial charge in [-0.15, -0.1) is 0 Å². The molecule has 32 heavy (non-hydrogen) atoms. The highest BCUT2D eigenvalue weighted by molar-refractivity contribution is 6.30. The Kier molecular flexibility index (Phi) is 7.50. The van der Waals surface area contributed by atoms with Crippen LogP contribution in [0.3, 0.4) is 0 Å². The lowest BCUT2D eigenvalue weighted by Crippen LogP contribution is -2.37. The zero-order valence-corrected chi connectivity index (χ0v) is 18.2. The topological polar surface area (TPSA) is 120 Å². The van der Waals surface area contributed by atoms with Gasteiger partial charge in [-0.1, -0.05) is 18.5 Å². The highest BCUT2D eigenvalue weighted by atomic mass is 35.5. The predicted octanol–water partition coefficient (Wildman–Crippen LogP) is 4.40. The van der Waals surface area contributed by atoms with Crippen LogP contribution >= 0.6 is 11.6 Å². The molecule has 1 aromatic heterocycles. The summed E-state index contributed by atoms with van der Waals surface area (Å²) in [6.07, 6.45) is 0.569. The van der Waals surface area contributed by atoms with Crippen molar-refractivity contribution in [1.29, 1.82) is 0 Å². The molecule has 0 radical (unpaired) electrons. The second-order valence-electron chi connectivity index (χ2n) is 7.18. The van der Waals surface area contributed by atoms with E-state index in [1.807, 2.05) is 6.92 Å². The van der Waals surface area contributed by atoms with E-state index in [2.05, 4.69) is 15.6 Å². The number of carbonyl (C=O) groups excluding carboxylic acids is 1. The van der Waals surface area contributed by atoms with Crippen molar-refractivity contribution in [1.82, 2.24) is 10.3 Å². The number of aliphatic hydroxyl groups is 1. The molecule has 6 N–H and O–H groups in total. The number of rotatable bonds is 8.